The molecule has 0 radical (unpaired) electrons. The first-order valence-electron chi connectivity index (χ1n) is 6.38. The molecule has 0 aliphatic carbocycles. The molecular weight excluding hydrogens is 250 g/mol. The van der Waals surface area contributed by atoms with Gasteiger partial charge in [0, 0.05) is 12.2 Å². The van der Waals surface area contributed by atoms with E-state index in [-0.39, 0.29) is 0 Å². The number of rotatable bonds is 4. The molecule has 0 bridgehead atoms. The van der Waals surface area contributed by atoms with Crippen LogP contribution in [-0.4, -0.2) is 11.7 Å². The Bertz CT molecular complexity index is 629. The highest BCUT2D eigenvalue weighted by atomic mass is 16.3. The van der Waals surface area contributed by atoms with Crippen LogP contribution in [0.3, 0.4) is 0 Å². The summed E-state index contributed by atoms with van der Waals surface area (Å²) >= 11 is 0. The smallest absolute Gasteiger partial charge is 0.101 e. The number of hydrogen-bond acceptors (Lipinski definition) is 4. The summed E-state index contributed by atoms with van der Waals surface area (Å²) in [4.78, 5) is 0. The zero-order valence-corrected chi connectivity index (χ0v) is 11.3. The van der Waals surface area contributed by atoms with Gasteiger partial charge in [-0.2, -0.15) is 5.26 Å². The summed E-state index contributed by atoms with van der Waals surface area (Å²) in [7, 11) is 0. The van der Waals surface area contributed by atoms with Gasteiger partial charge >= 0.3 is 0 Å². The first kappa shape index (κ1) is 13.9. The molecule has 20 heavy (non-hydrogen) atoms. The summed E-state index contributed by atoms with van der Waals surface area (Å²) in [5.41, 5.74) is 9.44. The van der Waals surface area contributed by atoms with Gasteiger partial charge in [-0.3, -0.25) is 0 Å². The van der Waals surface area contributed by atoms with Gasteiger partial charge in [-0.05, 0) is 42.3 Å². The molecule has 0 aliphatic heterocycles. The lowest BCUT2D eigenvalue weighted by Gasteiger charge is -2.14. The van der Waals surface area contributed by atoms with Gasteiger partial charge in [0.25, 0.3) is 0 Å². The summed E-state index contributed by atoms with van der Waals surface area (Å²) in [6.45, 7) is 2.30. The van der Waals surface area contributed by atoms with E-state index in [2.05, 4.69) is 11.4 Å². The summed E-state index contributed by atoms with van der Waals surface area (Å²) in [5.74, 6) is 0. The molecule has 102 valence electrons. The molecule has 0 saturated heterocycles. The molecule has 4 nitrogen and oxygen atoms in total. The Morgan fingerprint density at radius 1 is 1.25 bits per heavy atom. The summed E-state index contributed by atoms with van der Waals surface area (Å²) in [5, 5.41) is 22.3. The number of aliphatic hydroxyl groups is 1. The highest BCUT2D eigenvalue weighted by Gasteiger charge is 2.08. The number of aryl methyl sites for hydroxylation is 1. The van der Waals surface area contributed by atoms with E-state index in [4.69, 9.17) is 11.0 Å². The molecule has 0 aromatic heterocycles. The van der Waals surface area contributed by atoms with E-state index >= 15 is 0 Å². The van der Waals surface area contributed by atoms with Crippen molar-refractivity contribution in [2.45, 2.75) is 13.0 Å². The van der Waals surface area contributed by atoms with Crippen molar-refractivity contribution in [3.8, 4) is 6.07 Å². The Hall–Kier alpha value is -2.51. The molecule has 1 unspecified atom stereocenters. The number of aliphatic hydroxyl groups excluding tert-OH is 1. The Kier molecular flexibility index (Phi) is 4.24. The number of nitrogens with one attached hydrogen (secondary N) is 1. The molecule has 0 heterocycles. The first-order chi connectivity index (χ1) is 9.60. The first-order valence-corrected chi connectivity index (χ1v) is 6.38. The molecule has 4 heteroatoms. The third kappa shape index (κ3) is 3.28. The lowest BCUT2D eigenvalue weighted by atomic mass is 10.1. The van der Waals surface area contributed by atoms with Crippen molar-refractivity contribution in [1.29, 1.82) is 5.26 Å². The summed E-state index contributed by atoms with van der Waals surface area (Å²) in [6, 6.07) is 14.8. The number of nitrogens with zero attached hydrogens (tertiary/aromatic N) is 1. The predicted octanol–water partition coefficient (Wildman–Crippen LogP) is 2.59. The van der Waals surface area contributed by atoms with Crippen molar-refractivity contribution in [2.24, 2.45) is 0 Å². The summed E-state index contributed by atoms with van der Waals surface area (Å²) in [6.07, 6.45) is -0.650. The maximum Gasteiger partial charge on any atom is 0.101 e. The van der Waals surface area contributed by atoms with E-state index in [9.17, 15) is 5.11 Å². The highest BCUT2D eigenvalue weighted by molar-refractivity contribution is 5.59. The van der Waals surface area contributed by atoms with Crippen LogP contribution in [0.5, 0.6) is 0 Å². The molecule has 2 aromatic carbocycles. The largest absolute Gasteiger partial charge is 0.399 e. The molecule has 1 atom stereocenters. The van der Waals surface area contributed by atoms with Crippen LogP contribution in [0.25, 0.3) is 0 Å². The second-order valence-corrected chi connectivity index (χ2v) is 4.72. The lowest BCUT2D eigenvalue weighted by molar-refractivity contribution is 0.191. The average molecular weight is 267 g/mol. The van der Waals surface area contributed by atoms with Crippen LogP contribution in [0.4, 0.5) is 11.4 Å². The molecule has 2 aromatic rings. The maximum absolute atomic E-state index is 10.1. The van der Waals surface area contributed by atoms with Gasteiger partial charge in [0.05, 0.1) is 17.4 Å². The van der Waals surface area contributed by atoms with E-state index in [0.717, 1.165) is 16.8 Å². The fraction of sp³-hybridized carbons (Fsp3) is 0.188. The number of benzene rings is 2. The molecule has 4 N–H and O–H groups in total. The Balaban J connectivity index is 2.07. The van der Waals surface area contributed by atoms with E-state index < -0.39 is 6.10 Å². The molecule has 0 spiro atoms. The number of anilines is 2. The van der Waals surface area contributed by atoms with Crippen molar-refractivity contribution in [2.75, 3.05) is 17.6 Å². The fourth-order valence-corrected chi connectivity index (χ4v) is 1.94. The fourth-order valence-electron chi connectivity index (χ4n) is 1.94. The third-order valence-corrected chi connectivity index (χ3v) is 3.10. The maximum atomic E-state index is 10.1. The number of nitrogens with two attached hydrogens (primary N) is 1. The van der Waals surface area contributed by atoms with Gasteiger partial charge in [-0.25, -0.2) is 0 Å². The van der Waals surface area contributed by atoms with Gasteiger partial charge < -0.3 is 16.2 Å². The monoisotopic (exact) mass is 267 g/mol. The quantitative estimate of drug-likeness (QED) is 0.744. The third-order valence-electron chi connectivity index (χ3n) is 3.10. The van der Waals surface area contributed by atoms with E-state index in [1.807, 2.05) is 19.1 Å². The number of nitriles is 1. The zero-order chi connectivity index (χ0) is 14.5. The van der Waals surface area contributed by atoms with Crippen LogP contribution in [0, 0.1) is 18.3 Å². The van der Waals surface area contributed by atoms with Gasteiger partial charge in [0.15, 0.2) is 0 Å². The Morgan fingerprint density at radius 2 is 1.95 bits per heavy atom. The molecule has 0 amide bonds. The standard InChI is InChI=1S/C16H17N3O/c1-11-2-3-13(9-17)15(8-11)19-10-16(20)12-4-6-14(18)7-5-12/h2-8,16,19-20H,10,18H2,1H3. The van der Waals surface area contributed by atoms with Crippen LogP contribution in [0.2, 0.25) is 0 Å². The van der Waals surface area contributed by atoms with Crippen LogP contribution in [0.15, 0.2) is 42.5 Å². The van der Waals surface area contributed by atoms with Crippen molar-refractivity contribution in [3.63, 3.8) is 0 Å². The second kappa shape index (κ2) is 6.09. The SMILES string of the molecule is Cc1ccc(C#N)c(NCC(O)c2ccc(N)cc2)c1. The van der Waals surface area contributed by atoms with Gasteiger partial charge in [-0.1, -0.05) is 18.2 Å². The molecule has 0 fully saturated rings. The lowest BCUT2D eigenvalue weighted by Crippen LogP contribution is -2.13. The topological polar surface area (TPSA) is 82.1 Å². The van der Waals surface area contributed by atoms with Crippen molar-refractivity contribution in [3.05, 3.63) is 59.2 Å². The minimum Gasteiger partial charge on any atom is -0.399 e. The minimum absolute atomic E-state index is 0.335. The average Bonchev–Trinajstić information content (AvgIpc) is 2.45. The van der Waals surface area contributed by atoms with Crippen LogP contribution in [0.1, 0.15) is 22.8 Å². The predicted molar refractivity (Wildman–Crippen MR) is 80.2 cm³/mol. The number of nitrogen functional groups attached to an aromatic ring is 1. The van der Waals surface area contributed by atoms with E-state index in [1.54, 1.807) is 30.3 Å². The van der Waals surface area contributed by atoms with Crippen molar-refractivity contribution in [1.82, 2.24) is 0 Å². The minimum atomic E-state index is -0.650. The van der Waals surface area contributed by atoms with Crippen LogP contribution >= 0.6 is 0 Å². The highest BCUT2D eigenvalue weighted by Crippen LogP contribution is 2.19. The zero-order valence-electron chi connectivity index (χ0n) is 11.3. The van der Waals surface area contributed by atoms with Gasteiger partial charge in [0.1, 0.15) is 6.07 Å². The molecule has 0 aliphatic rings. The molecular formula is C16H17N3O. The van der Waals surface area contributed by atoms with E-state index in [1.165, 1.54) is 0 Å². The van der Waals surface area contributed by atoms with E-state index in [0.29, 0.717) is 17.8 Å². The summed E-state index contributed by atoms with van der Waals surface area (Å²) < 4.78 is 0. The molecule has 0 saturated carbocycles. The Labute approximate surface area is 118 Å². The van der Waals surface area contributed by atoms with Crippen molar-refractivity contribution < 1.29 is 5.11 Å². The normalized spacial score (nSPS) is 11.7. The van der Waals surface area contributed by atoms with Crippen LogP contribution < -0.4 is 11.1 Å². The Morgan fingerprint density at radius 3 is 2.60 bits per heavy atom. The van der Waals surface area contributed by atoms with Crippen LogP contribution in [-0.2, 0) is 0 Å². The molecule has 2 rings (SSSR count). The number of hydrogen-bond donors (Lipinski definition) is 3. The second-order valence-electron chi connectivity index (χ2n) is 4.72. The van der Waals surface area contributed by atoms with Crippen molar-refractivity contribution >= 4 is 11.4 Å². The van der Waals surface area contributed by atoms with Gasteiger partial charge in [0.2, 0.25) is 0 Å². The van der Waals surface area contributed by atoms with Gasteiger partial charge in [-0.15, -0.1) is 0 Å².